The van der Waals surface area contributed by atoms with Gasteiger partial charge >= 0.3 is 0 Å². The van der Waals surface area contributed by atoms with Crippen LogP contribution in [0.25, 0.3) is 0 Å². The maximum absolute atomic E-state index is 12.9. The first-order valence-electron chi connectivity index (χ1n) is 9.53. The van der Waals surface area contributed by atoms with Crippen LogP contribution in [0.3, 0.4) is 0 Å². The zero-order valence-corrected chi connectivity index (χ0v) is 18.3. The highest BCUT2D eigenvalue weighted by molar-refractivity contribution is 7.90. The van der Waals surface area contributed by atoms with Crippen molar-refractivity contribution < 1.29 is 22.7 Å². The number of hydrogen-bond donors (Lipinski definition) is 0. The Labute approximate surface area is 172 Å². The summed E-state index contributed by atoms with van der Waals surface area (Å²) in [6, 6.07) is 3.30. The lowest BCUT2D eigenvalue weighted by atomic mass is 10.1. The Morgan fingerprint density at radius 3 is 2.39 bits per heavy atom. The maximum Gasteiger partial charge on any atom is 0.254 e. The van der Waals surface area contributed by atoms with Gasteiger partial charge in [0.15, 0.2) is 11.5 Å². The molecule has 7 nitrogen and oxygen atoms in total. The van der Waals surface area contributed by atoms with Crippen molar-refractivity contribution >= 4 is 27.3 Å². The number of hydrogen-bond acceptors (Lipinski definition) is 6. The van der Waals surface area contributed by atoms with Crippen molar-refractivity contribution in [1.29, 1.82) is 0 Å². The largest absolute Gasteiger partial charge is 0.490 e. The minimum atomic E-state index is -2.98. The average molecular weight is 433 g/mol. The summed E-state index contributed by atoms with van der Waals surface area (Å²) in [7, 11) is -2.98. The molecular weight excluding hydrogens is 404 g/mol. The summed E-state index contributed by atoms with van der Waals surface area (Å²) < 4.78 is 33.9. The predicted molar refractivity (Wildman–Crippen MR) is 110 cm³/mol. The molecule has 9 heteroatoms. The van der Waals surface area contributed by atoms with Crippen molar-refractivity contribution in [2.75, 3.05) is 57.9 Å². The topological polar surface area (TPSA) is 76.2 Å². The van der Waals surface area contributed by atoms with Gasteiger partial charge in [-0.25, -0.2) is 8.42 Å². The lowest BCUT2D eigenvalue weighted by Gasteiger charge is -2.34. The van der Waals surface area contributed by atoms with Crippen LogP contribution in [0.5, 0.6) is 11.5 Å². The van der Waals surface area contributed by atoms with Gasteiger partial charge in [-0.05, 0) is 25.5 Å². The minimum Gasteiger partial charge on any atom is -0.490 e. The van der Waals surface area contributed by atoms with Crippen molar-refractivity contribution in [2.45, 2.75) is 20.3 Å². The van der Waals surface area contributed by atoms with Crippen LogP contribution in [0.2, 0.25) is 5.02 Å². The quantitative estimate of drug-likeness (QED) is 0.596. The molecule has 1 heterocycles. The van der Waals surface area contributed by atoms with Gasteiger partial charge in [0.1, 0.15) is 9.84 Å². The minimum absolute atomic E-state index is 0.118. The van der Waals surface area contributed by atoms with Crippen molar-refractivity contribution in [3.63, 3.8) is 0 Å². The van der Waals surface area contributed by atoms with Crippen molar-refractivity contribution in [2.24, 2.45) is 0 Å². The molecule has 1 aliphatic heterocycles. The van der Waals surface area contributed by atoms with Crippen molar-refractivity contribution in [3.05, 3.63) is 22.7 Å². The van der Waals surface area contributed by atoms with E-state index in [1.54, 1.807) is 17.0 Å². The molecule has 0 atom stereocenters. The third-order valence-electron chi connectivity index (χ3n) is 4.44. The second kappa shape index (κ2) is 10.3. The molecule has 0 bridgehead atoms. The Hall–Kier alpha value is -1.51. The van der Waals surface area contributed by atoms with E-state index >= 15 is 0 Å². The van der Waals surface area contributed by atoms with Gasteiger partial charge in [0.05, 0.1) is 24.0 Å². The van der Waals surface area contributed by atoms with E-state index in [1.165, 1.54) is 6.26 Å². The second-order valence-corrected chi connectivity index (χ2v) is 9.50. The van der Waals surface area contributed by atoms with Gasteiger partial charge in [0.2, 0.25) is 0 Å². The molecule has 0 N–H and O–H groups in total. The van der Waals surface area contributed by atoms with E-state index < -0.39 is 9.84 Å². The van der Waals surface area contributed by atoms with Crippen molar-refractivity contribution in [3.8, 4) is 11.5 Å². The van der Waals surface area contributed by atoms with Gasteiger partial charge in [-0.1, -0.05) is 18.5 Å². The van der Waals surface area contributed by atoms with Crippen LogP contribution >= 0.6 is 11.6 Å². The first-order valence-corrected chi connectivity index (χ1v) is 12.0. The second-order valence-electron chi connectivity index (χ2n) is 6.83. The molecule has 1 amide bonds. The van der Waals surface area contributed by atoms with Crippen LogP contribution in [0.15, 0.2) is 12.1 Å². The summed E-state index contributed by atoms with van der Waals surface area (Å²) in [5.74, 6) is 0.951. The fraction of sp³-hybridized carbons (Fsp3) is 0.632. The van der Waals surface area contributed by atoms with Gasteiger partial charge in [-0.2, -0.15) is 0 Å². The number of sulfone groups is 1. The Balaban J connectivity index is 2.06. The summed E-state index contributed by atoms with van der Waals surface area (Å²) in [4.78, 5) is 16.7. The zero-order valence-electron chi connectivity index (χ0n) is 16.7. The Kier molecular flexibility index (Phi) is 8.39. The smallest absolute Gasteiger partial charge is 0.254 e. The summed E-state index contributed by atoms with van der Waals surface area (Å²) in [5.41, 5.74) is 0.460. The number of piperazine rings is 1. The standard InChI is InChI=1S/C19H29ClN2O5S/c1-4-11-27-18-16(20)13-15(14-17(18)26-5-2)19(23)22-8-6-21(7-9-22)10-12-28(3,24)25/h13-14H,4-12H2,1-3H3. The normalized spacial score (nSPS) is 15.5. The molecule has 2 rings (SSSR count). The third kappa shape index (κ3) is 6.53. The average Bonchev–Trinajstić information content (AvgIpc) is 2.65. The molecule has 0 saturated carbocycles. The molecule has 1 aromatic carbocycles. The first kappa shape index (κ1) is 22.8. The van der Waals surface area contributed by atoms with E-state index in [0.717, 1.165) is 6.42 Å². The van der Waals surface area contributed by atoms with Crippen LogP contribution in [0.1, 0.15) is 30.6 Å². The molecule has 0 spiro atoms. The monoisotopic (exact) mass is 432 g/mol. The number of benzene rings is 1. The first-order chi connectivity index (χ1) is 13.2. The van der Waals surface area contributed by atoms with E-state index in [0.29, 0.717) is 68.0 Å². The number of amides is 1. The molecule has 1 fully saturated rings. The summed E-state index contributed by atoms with van der Waals surface area (Å²) in [6.45, 7) is 7.68. The van der Waals surface area contributed by atoms with Gasteiger partial charge in [-0.3, -0.25) is 9.69 Å². The molecule has 0 aromatic heterocycles. The van der Waals surface area contributed by atoms with E-state index in [9.17, 15) is 13.2 Å². The molecule has 1 aliphatic rings. The highest BCUT2D eigenvalue weighted by Crippen LogP contribution is 2.37. The van der Waals surface area contributed by atoms with Crippen molar-refractivity contribution in [1.82, 2.24) is 9.80 Å². The summed E-state index contributed by atoms with van der Waals surface area (Å²) >= 11 is 6.36. The fourth-order valence-electron chi connectivity index (χ4n) is 2.95. The highest BCUT2D eigenvalue weighted by Gasteiger charge is 2.24. The molecule has 0 aliphatic carbocycles. The molecule has 28 heavy (non-hydrogen) atoms. The molecule has 1 aromatic rings. The van der Waals surface area contributed by atoms with E-state index in [1.807, 2.05) is 13.8 Å². The number of carbonyl (C=O) groups is 1. The predicted octanol–water partition coefficient (Wildman–Crippen LogP) is 2.33. The Morgan fingerprint density at radius 1 is 1.14 bits per heavy atom. The number of halogens is 1. The van der Waals surface area contributed by atoms with E-state index in [2.05, 4.69) is 4.90 Å². The van der Waals surface area contributed by atoms with Gasteiger partial charge in [0, 0.05) is 44.5 Å². The third-order valence-corrected chi connectivity index (χ3v) is 5.65. The van der Waals surface area contributed by atoms with Gasteiger partial charge < -0.3 is 14.4 Å². The molecular formula is C19H29ClN2O5S. The lowest BCUT2D eigenvalue weighted by molar-refractivity contribution is 0.0643. The van der Waals surface area contributed by atoms with Gasteiger partial charge in [-0.15, -0.1) is 0 Å². The lowest BCUT2D eigenvalue weighted by Crippen LogP contribution is -2.49. The highest BCUT2D eigenvalue weighted by atomic mass is 35.5. The van der Waals surface area contributed by atoms with Crippen LogP contribution in [-0.4, -0.2) is 82.1 Å². The van der Waals surface area contributed by atoms with Crippen LogP contribution < -0.4 is 9.47 Å². The number of nitrogens with zero attached hydrogens (tertiary/aromatic N) is 2. The molecule has 1 saturated heterocycles. The summed E-state index contributed by atoms with van der Waals surface area (Å²) in [5, 5.41) is 0.356. The number of ether oxygens (including phenoxy) is 2. The summed E-state index contributed by atoms with van der Waals surface area (Å²) in [6.07, 6.45) is 2.08. The van der Waals surface area contributed by atoms with Crippen LogP contribution in [0.4, 0.5) is 0 Å². The van der Waals surface area contributed by atoms with E-state index in [-0.39, 0.29) is 11.7 Å². The molecule has 0 radical (unpaired) electrons. The SMILES string of the molecule is CCCOc1c(Cl)cc(C(=O)N2CCN(CCS(C)(=O)=O)CC2)cc1OCC. The Bertz CT molecular complexity index is 777. The maximum atomic E-state index is 12.9. The molecule has 0 unspecified atom stereocenters. The number of rotatable bonds is 9. The van der Waals surface area contributed by atoms with Gasteiger partial charge in [0.25, 0.3) is 5.91 Å². The molecule has 158 valence electrons. The Morgan fingerprint density at radius 2 is 1.82 bits per heavy atom. The van der Waals surface area contributed by atoms with Crippen LogP contribution in [-0.2, 0) is 9.84 Å². The fourth-order valence-corrected chi connectivity index (χ4v) is 3.81. The van der Waals surface area contributed by atoms with E-state index in [4.69, 9.17) is 21.1 Å². The zero-order chi connectivity index (χ0) is 20.7. The van der Waals surface area contributed by atoms with Crippen LogP contribution in [0, 0.1) is 0 Å². The number of carbonyl (C=O) groups excluding carboxylic acids is 1.